The number of carbonyl (C=O) groups is 1. The van der Waals surface area contributed by atoms with Crippen LogP contribution in [0.2, 0.25) is 0 Å². The fraction of sp³-hybridized carbons (Fsp3) is 0.263. The maximum absolute atomic E-state index is 13.3. The number of aromatic nitrogens is 2. The maximum atomic E-state index is 13.3. The van der Waals surface area contributed by atoms with E-state index in [9.17, 15) is 4.79 Å². The molecule has 3 aromatic rings. The lowest BCUT2D eigenvalue weighted by atomic mass is 10.2. The van der Waals surface area contributed by atoms with E-state index < -0.39 is 0 Å². The second-order valence-corrected chi connectivity index (χ2v) is 6.88. The molecule has 1 aromatic carbocycles. The molecule has 2 aromatic heterocycles. The monoisotopic (exact) mass is 385 g/mol. The van der Waals surface area contributed by atoms with E-state index in [1.165, 1.54) is 0 Å². The molecule has 0 saturated carbocycles. The predicted molar refractivity (Wildman–Crippen MR) is 101 cm³/mol. The molecule has 0 aliphatic carbocycles. The van der Waals surface area contributed by atoms with E-state index in [4.69, 9.17) is 0 Å². The number of hydrogen-bond acceptors (Lipinski definition) is 2. The molecule has 0 N–H and O–H groups in total. The molecule has 124 valence electrons. The highest BCUT2D eigenvalue weighted by Gasteiger charge is 2.23. The van der Waals surface area contributed by atoms with Crippen LogP contribution in [0.3, 0.4) is 0 Å². The van der Waals surface area contributed by atoms with E-state index >= 15 is 0 Å². The molecule has 0 unspecified atom stereocenters. The normalized spacial score (nSPS) is 11.0. The van der Waals surface area contributed by atoms with E-state index in [1.807, 2.05) is 68.6 Å². The van der Waals surface area contributed by atoms with Gasteiger partial charge in [0, 0.05) is 22.9 Å². The Kier molecular flexibility index (Phi) is 4.45. The lowest BCUT2D eigenvalue weighted by Gasteiger charge is -2.21. The molecule has 0 aliphatic heterocycles. The minimum atomic E-state index is -0.0365. The molecule has 4 nitrogen and oxygen atoms in total. The van der Waals surface area contributed by atoms with Gasteiger partial charge in [0.25, 0.3) is 5.91 Å². The molecule has 2 heterocycles. The smallest absolute Gasteiger partial charge is 0.277 e. The largest absolute Gasteiger partial charge is 0.307 e. The standard InChI is InChI=1S/C19H20BrN3O/c1-5-22(16-8-6-7-12(2)9-16)19(24)17-14(4)21-18-13(3)10-15(20)11-23(17)18/h6-11H,5H2,1-4H3. The number of anilines is 1. The zero-order valence-corrected chi connectivity index (χ0v) is 15.9. The van der Waals surface area contributed by atoms with Gasteiger partial charge in [-0.15, -0.1) is 0 Å². The number of aryl methyl sites for hydroxylation is 3. The van der Waals surface area contributed by atoms with Gasteiger partial charge >= 0.3 is 0 Å². The van der Waals surface area contributed by atoms with Gasteiger partial charge in [0.05, 0.1) is 5.69 Å². The number of nitrogens with zero attached hydrogens (tertiary/aromatic N) is 3. The third kappa shape index (κ3) is 2.84. The van der Waals surface area contributed by atoms with Gasteiger partial charge in [0.15, 0.2) is 0 Å². The molecule has 0 bridgehead atoms. The zero-order chi connectivity index (χ0) is 17.4. The second-order valence-electron chi connectivity index (χ2n) is 5.97. The molecule has 0 saturated heterocycles. The molecule has 3 rings (SSSR count). The number of hydrogen-bond donors (Lipinski definition) is 0. The van der Waals surface area contributed by atoms with Crippen molar-refractivity contribution in [3.05, 3.63) is 63.5 Å². The first-order valence-corrected chi connectivity index (χ1v) is 8.75. The summed E-state index contributed by atoms with van der Waals surface area (Å²) in [6.07, 6.45) is 1.90. The summed E-state index contributed by atoms with van der Waals surface area (Å²) in [5.41, 5.74) is 5.24. The number of imidazole rings is 1. The summed E-state index contributed by atoms with van der Waals surface area (Å²) in [6, 6.07) is 10.0. The lowest BCUT2D eigenvalue weighted by Crippen LogP contribution is -2.32. The number of benzene rings is 1. The third-order valence-corrected chi connectivity index (χ3v) is 4.56. The summed E-state index contributed by atoms with van der Waals surface area (Å²) >= 11 is 3.51. The number of carbonyl (C=O) groups excluding carboxylic acids is 1. The Bertz CT molecular complexity index is 930. The van der Waals surface area contributed by atoms with Crippen molar-refractivity contribution in [2.75, 3.05) is 11.4 Å². The van der Waals surface area contributed by atoms with Crippen LogP contribution in [0.15, 0.2) is 41.0 Å². The summed E-state index contributed by atoms with van der Waals surface area (Å²) in [6.45, 7) is 8.50. The quantitative estimate of drug-likeness (QED) is 0.655. The van der Waals surface area contributed by atoms with Crippen LogP contribution < -0.4 is 4.90 Å². The highest BCUT2D eigenvalue weighted by atomic mass is 79.9. The average molecular weight is 386 g/mol. The molecule has 1 amide bonds. The van der Waals surface area contributed by atoms with E-state index in [0.717, 1.165) is 32.6 Å². The van der Waals surface area contributed by atoms with Crippen LogP contribution >= 0.6 is 15.9 Å². The molecule has 24 heavy (non-hydrogen) atoms. The molecule has 0 spiro atoms. The minimum Gasteiger partial charge on any atom is -0.307 e. The van der Waals surface area contributed by atoms with Gasteiger partial charge in [-0.05, 0) is 73.0 Å². The Morgan fingerprint density at radius 2 is 2.00 bits per heavy atom. The van der Waals surface area contributed by atoms with Crippen molar-refractivity contribution in [2.24, 2.45) is 0 Å². The van der Waals surface area contributed by atoms with Crippen molar-refractivity contribution in [1.29, 1.82) is 0 Å². The summed E-state index contributed by atoms with van der Waals surface area (Å²) in [4.78, 5) is 19.6. The van der Waals surface area contributed by atoms with Crippen molar-refractivity contribution < 1.29 is 4.79 Å². The van der Waals surface area contributed by atoms with Gasteiger partial charge in [0.1, 0.15) is 11.3 Å². The molecular weight excluding hydrogens is 366 g/mol. The van der Waals surface area contributed by atoms with Crippen molar-refractivity contribution >= 4 is 33.2 Å². The Morgan fingerprint density at radius 1 is 1.25 bits per heavy atom. The first kappa shape index (κ1) is 16.7. The number of pyridine rings is 1. The van der Waals surface area contributed by atoms with Crippen LogP contribution in [0.4, 0.5) is 5.69 Å². The van der Waals surface area contributed by atoms with Crippen molar-refractivity contribution in [1.82, 2.24) is 9.38 Å². The van der Waals surface area contributed by atoms with Crippen LogP contribution in [0.25, 0.3) is 5.65 Å². The van der Waals surface area contributed by atoms with Crippen LogP contribution in [-0.2, 0) is 0 Å². The average Bonchev–Trinajstić information content (AvgIpc) is 2.84. The SMILES string of the molecule is CCN(C(=O)c1c(C)nc2c(C)cc(Br)cn12)c1cccc(C)c1. The van der Waals surface area contributed by atoms with Crippen LogP contribution in [0.5, 0.6) is 0 Å². The Hall–Kier alpha value is -2.14. The molecule has 0 aliphatic rings. The van der Waals surface area contributed by atoms with Crippen LogP contribution in [0.1, 0.15) is 34.2 Å². The third-order valence-electron chi connectivity index (χ3n) is 4.12. The van der Waals surface area contributed by atoms with Gasteiger partial charge in [0.2, 0.25) is 0 Å². The summed E-state index contributed by atoms with van der Waals surface area (Å²) in [7, 11) is 0. The summed E-state index contributed by atoms with van der Waals surface area (Å²) in [5.74, 6) is -0.0365. The number of halogens is 1. The molecule has 0 radical (unpaired) electrons. The number of amides is 1. The van der Waals surface area contributed by atoms with E-state index in [2.05, 4.69) is 20.9 Å². The Morgan fingerprint density at radius 3 is 2.67 bits per heavy atom. The Labute approximate surface area is 150 Å². The maximum Gasteiger partial charge on any atom is 0.277 e. The minimum absolute atomic E-state index is 0.0365. The predicted octanol–water partition coefficient (Wildman–Crippen LogP) is 4.69. The molecule has 0 atom stereocenters. The number of rotatable bonds is 3. The van der Waals surface area contributed by atoms with Crippen molar-refractivity contribution in [2.45, 2.75) is 27.7 Å². The summed E-state index contributed by atoms with van der Waals surface area (Å²) in [5, 5.41) is 0. The van der Waals surface area contributed by atoms with Gasteiger partial charge in [-0.25, -0.2) is 4.98 Å². The van der Waals surface area contributed by atoms with Gasteiger partial charge < -0.3 is 4.90 Å². The highest BCUT2D eigenvalue weighted by Crippen LogP contribution is 2.24. The second kappa shape index (κ2) is 6.40. The first-order chi connectivity index (χ1) is 11.4. The first-order valence-electron chi connectivity index (χ1n) is 7.95. The molecular formula is C19H20BrN3O. The Balaban J connectivity index is 2.15. The number of fused-ring (bicyclic) bond motifs is 1. The van der Waals surface area contributed by atoms with E-state index in [0.29, 0.717) is 12.2 Å². The fourth-order valence-corrected chi connectivity index (χ4v) is 3.55. The molecule has 5 heteroatoms. The fourth-order valence-electron chi connectivity index (χ4n) is 3.01. The van der Waals surface area contributed by atoms with E-state index in [-0.39, 0.29) is 5.91 Å². The van der Waals surface area contributed by atoms with Crippen LogP contribution in [-0.4, -0.2) is 21.8 Å². The summed E-state index contributed by atoms with van der Waals surface area (Å²) < 4.78 is 2.81. The van der Waals surface area contributed by atoms with E-state index in [1.54, 1.807) is 4.90 Å². The van der Waals surface area contributed by atoms with Gasteiger partial charge in [-0.3, -0.25) is 9.20 Å². The highest BCUT2D eigenvalue weighted by molar-refractivity contribution is 9.10. The topological polar surface area (TPSA) is 37.6 Å². The lowest BCUT2D eigenvalue weighted by molar-refractivity contribution is 0.0982. The van der Waals surface area contributed by atoms with Crippen molar-refractivity contribution in [3.8, 4) is 0 Å². The zero-order valence-electron chi connectivity index (χ0n) is 14.3. The van der Waals surface area contributed by atoms with Crippen molar-refractivity contribution in [3.63, 3.8) is 0 Å². The van der Waals surface area contributed by atoms with Gasteiger partial charge in [-0.1, -0.05) is 12.1 Å². The van der Waals surface area contributed by atoms with Crippen LogP contribution in [0, 0.1) is 20.8 Å². The molecule has 0 fully saturated rings. The van der Waals surface area contributed by atoms with Gasteiger partial charge in [-0.2, -0.15) is 0 Å².